The lowest BCUT2D eigenvalue weighted by atomic mass is 9.92. The quantitative estimate of drug-likeness (QED) is 0.215. The average molecular weight is 550 g/mol. The second-order valence-electron chi connectivity index (χ2n) is 12.9. The van der Waals surface area contributed by atoms with Crippen LogP contribution in [-0.2, 0) is 10.8 Å². The van der Waals surface area contributed by atoms with E-state index in [1.54, 1.807) is 0 Å². The van der Waals surface area contributed by atoms with E-state index >= 15 is 0 Å². The molecule has 0 aliphatic carbocycles. The van der Waals surface area contributed by atoms with Crippen molar-refractivity contribution in [2.45, 2.75) is 52.4 Å². The summed E-state index contributed by atoms with van der Waals surface area (Å²) in [6.45, 7) is 12.7. The summed E-state index contributed by atoms with van der Waals surface area (Å²) in [5.74, 6) is 1.99. The van der Waals surface area contributed by atoms with Crippen LogP contribution < -0.4 is 0 Å². The van der Waals surface area contributed by atoms with Gasteiger partial charge in [0.05, 0.1) is 33.7 Å². The third-order valence-electron chi connectivity index (χ3n) is 7.76. The van der Waals surface area contributed by atoms with E-state index in [-0.39, 0.29) is 10.8 Å². The van der Waals surface area contributed by atoms with E-state index in [9.17, 15) is 5.26 Å². The molecule has 0 atom stereocenters. The van der Waals surface area contributed by atoms with Crippen LogP contribution in [0.4, 0.5) is 0 Å². The lowest BCUT2D eigenvalue weighted by molar-refractivity contribution is 0.497. The second-order valence-corrected chi connectivity index (χ2v) is 12.9. The lowest BCUT2D eigenvalue weighted by Crippen LogP contribution is -2.24. The minimum absolute atomic E-state index is 0.292. The average Bonchev–Trinajstić information content (AvgIpc) is 3.51. The van der Waals surface area contributed by atoms with Gasteiger partial charge in [0.25, 0.3) is 0 Å². The molecular formula is C36H31N5O. The summed E-state index contributed by atoms with van der Waals surface area (Å²) < 4.78 is 8.60. The third kappa shape index (κ3) is 3.96. The highest BCUT2D eigenvalue weighted by molar-refractivity contribution is 6.24. The molecule has 0 fully saturated rings. The maximum atomic E-state index is 9.95. The summed E-state index contributed by atoms with van der Waals surface area (Å²) in [4.78, 5) is 15.0. The fourth-order valence-electron chi connectivity index (χ4n) is 5.66. The van der Waals surface area contributed by atoms with Crippen LogP contribution in [0, 0.1) is 11.3 Å². The first-order valence-electron chi connectivity index (χ1n) is 14.2. The Morgan fingerprint density at radius 2 is 1.36 bits per heavy atom. The van der Waals surface area contributed by atoms with Crippen molar-refractivity contribution in [3.8, 4) is 23.1 Å². The Hall–Kier alpha value is -5.02. The van der Waals surface area contributed by atoms with E-state index in [0.717, 1.165) is 66.6 Å². The van der Waals surface area contributed by atoms with Gasteiger partial charge in [-0.25, -0.2) is 15.0 Å². The molecule has 42 heavy (non-hydrogen) atoms. The molecule has 3 heterocycles. The fraction of sp³-hybridized carbons (Fsp3) is 0.222. The molecule has 0 unspecified atom stereocenters. The Kier molecular flexibility index (Phi) is 5.55. The van der Waals surface area contributed by atoms with Gasteiger partial charge in [-0.15, -0.1) is 0 Å². The monoisotopic (exact) mass is 549 g/mol. The van der Waals surface area contributed by atoms with Crippen molar-refractivity contribution < 1.29 is 4.42 Å². The molecule has 0 saturated carbocycles. The molecule has 3 aromatic heterocycles. The first kappa shape index (κ1) is 25.9. The predicted molar refractivity (Wildman–Crippen MR) is 169 cm³/mol. The molecule has 0 aliphatic rings. The van der Waals surface area contributed by atoms with Crippen molar-refractivity contribution in [3.63, 3.8) is 0 Å². The smallest absolute Gasteiger partial charge is 0.165 e. The molecule has 0 N–H and O–H groups in total. The first-order valence-corrected chi connectivity index (χ1v) is 14.2. The van der Waals surface area contributed by atoms with Gasteiger partial charge in [-0.05, 0) is 42.5 Å². The van der Waals surface area contributed by atoms with Crippen LogP contribution in [0.25, 0.3) is 60.8 Å². The molecule has 7 rings (SSSR count). The number of hydrogen-bond acceptors (Lipinski definition) is 5. The summed E-state index contributed by atoms with van der Waals surface area (Å²) >= 11 is 0. The molecule has 0 spiro atoms. The molecule has 6 nitrogen and oxygen atoms in total. The van der Waals surface area contributed by atoms with Gasteiger partial charge >= 0.3 is 0 Å². The number of rotatable bonds is 2. The van der Waals surface area contributed by atoms with Crippen molar-refractivity contribution in [2.24, 2.45) is 0 Å². The predicted octanol–water partition coefficient (Wildman–Crippen LogP) is 9.00. The van der Waals surface area contributed by atoms with Gasteiger partial charge in [-0.2, -0.15) is 5.26 Å². The van der Waals surface area contributed by atoms with Crippen LogP contribution >= 0.6 is 0 Å². The van der Waals surface area contributed by atoms with Crippen LogP contribution in [0.2, 0.25) is 0 Å². The molecule has 0 saturated heterocycles. The largest absolute Gasteiger partial charge is 0.456 e. The number of fused-ring (bicyclic) bond motifs is 7. The number of furan rings is 1. The highest BCUT2D eigenvalue weighted by Gasteiger charge is 2.27. The van der Waals surface area contributed by atoms with E-state index in [0.29, 0.717) is 11.4 Å². The SMILES string of the molecule is CC(C)(C)c1nc(-c2cc(C#N)ccc2-n2c3ccccc3c3ccc4oc5ccccc5c4c32)nc(C(C)(C)C)n1. The summed E-state index contributed by atoms with van der Waals surface area (Å²) in [6.07, 6.45) is 0. The normalized spacial score (nSPS) is 12.5. The third-order valence-corrected chi connectivity index (χ3v) is 7.76. The van der Waals surface area contributed by atoms with Crippen LogP contribution in [0.5, 0.6) is 0 Å². The summed E-state index contributed by atoms with van der Waals surface area (Å²) in [7, 11) is 0. The van der Waals surface area contributed by atoms with E-state index < -0.39 is 0 Å². The molecule has 0 bridgehead atoms. The van der Waals surface area contributed by atoms with E-state index in [1.165, 1.54) is 0 Å². The van der Waals surface area contributed by atoms with Gasteiger partial charge in [0, 0.05) is 32.6 Å². The molecule has 4 aromatic carbocycles. The van der Waals surface area contributed by atoms with Crippen LogP contribution in [-0.4, -0.2) is 19.5 Å². The minimum atomic E-state index is -0.292. The van der Waals surface area contributed by atoms with Gasteiger partial charge in [-0.3, -0.25) is 0 Å². The molecule has 0 radical (unpaired) electrons. The molecule has 6 heteroatoms. The molecule has 7 aromatic rings. The van der Waals surface area contributed by atoms with Gasteiger partial charge in [0.2, 0.25) is 0 Å². The van der Waals surface area contributed by atoms with Crippen LogP contribution in [0.3, 0.4) is 0 Å². The zero-order chi connectivity index (χ0) is 29.4. The van der Waals surface area contributed by atoms with Crippen molar-refractivity contribution in [3.05, 3.63) is 96.1 Å². The Bertz CT molecular complexity index is 2200. The lowest BCUT2D eigenvalue weighted by Gasteiger charge is -2.23. The Morgan fingerprint density at radius 3 is 2.05 bits per heavy atom. The number of nitriles is 1. The molecule has 0 aliphatic heterocycles. The number of aromatic nitrogens is 4. The minimum Gasteiger partial charge on any atom is -0.456 e. The number of para-hydroxylation sites is 2. The summed E-state index contributed by atoms with van der Waals surface area (Å²) in [5, 5.41) is 14.3. The molecule has 0 amide bonds. The zero-order valence-corrected chi connectivity index (χ0v) is 24.6. The summed E-state index contributed by atoms with van der Waals surface area (Å²) in [5.41, 5.74) is 5.40. The fourth-order valence-corrected chi connectivity index (χ4v) is 5.66. The van der Waals surface area contributed by atoms with E-state index in [4.69, 9.17) is 19.4 Å². The first-order chi connectivity index (χ1) is 20.0. The standard InChI is InChI=1S/C36H31N5O/c1-35(2,3)33-38-32(39-34(40-33)36(4,5)6)25-19-21(20-37)15-17-27(25)41-26-13-9-7-11-22(26)23-16-18-29-30(31(23)41)24-12-8-10-14-28(24)42-29/h7-19H,1-6H3. The maximum Gasteiger partial charge on any atom is 0.165 e. The molecule has 206 valence electrons. The van der Waals surface area contributed by atoms with Crippen molar-refractivity contribution >= 4 is 43.7 Å². The van der Waals surface area contributed by atoms with Crippen LogP contribution in [0.15, 0.2) is 83.3 Å². The maximum absolute atomic E-state index is 9.95. The number of benzene rings is 4. The van der Waals surface area contributed by atoms with Crippen molar-refractivity contribution in [2.75, 3.05) is 0 Å². The Morgan fingerprint density at radius 1 is 0.690 bits per heavy atom. The van der Waals surface area contributed by atoms with Gasteiger partial charge in [0.1, 0.15) is 22.8 Å². The van der Waals surface area contributed by atoms with Crippen molar-refractivity contribution in [1.82, 2.24) is 19.5 Å². The second kappa shape index (κ2) is 8.99. The van der Waals surface area contributed by atoms with Gasteiger partial charge in [-0.1, -0.05) is 77.9 Å². The van der Waals surface area contributed by atoms with E-state index in [2.05, 4.69) is 94.6 Å². The Balaban J connectivity index is 1.66. The highest BCUT2D eigenvalue weighted by Crippen LogP contribution is 2.42. The molecular weight excluding hydrogens is 518 g/mol. The topological polar surface area (TPSA) is 80.5 Å². The summed E-state index contributed by atoms with van der Waals surface area (Å²) in [6, 6.07) is 28.9. The van der Waals surface area contributed by atoms with Crippen molar-refractivity contribution in [1.29, 1.82) is 5.26 Å². The number of nitrogens with zero attached hydrogens (tertiary/aromatic N) is 5. The number of hydrogen-bond donors (Lipinski definition) is 0. The zero-order valence-electron chi connectivity index (χ0n) is 24.6. The highest BCUT2D eigenvalue weighted by atomic mass is 16.3. The Labute approximate surface area is 244 Å². The van der Waals surface area contributed by atoms with Crippen LogP contribution in [0.1, 0.15) is 58.8 Å². The van der Waals surface area contributed by atoms with Gasteiger partial charge in [0.15, 0.2) is 5.82 Å². The van der Waals surface area contributed by atoms with E-state index in [1.807, 2.05) is 36.4 Å². The van der Waals surface area contributed by atoms with Gasteiger partial charge < -0.3 is 8.98 Å².